The van der Waals surface area contributed by atoms with E-state index in [4.69, 9.17) is 9.84 Å². The first kappa shape index (κ1) is 58.3. The Morgan fingerprint density at radius 2 is 1.10 bits per heavy atom. The minimum Gasteiger partial charge on any atom is -0.480 e. The number of likely N-dealkylation sites (N-methyl/N-ethyl adjacent to an activating group) is 3. The van der Waals surface area contributed by atoms with E-state index < -0.39 is 59.9 Å². The van der Waals surface area contributed by atoms with E-state index in [1.165, 1.54) is 19.0 Å². The van der Waals surface area contributed by atoms with Crippen LogP contribution in [0.5, 0.6) is 0 Å². The molecular formula is C50H70F6N6O9. The molecule has 3 saturated heterocycles. The number of nitrogens with one attached hydrogen (secondary N) is 1. The van der Waals surface area contributed by atoms with Gasteiger partial charge in [0, 0.05) is 65.3 Å². The molecule has 2 aromatic rings. The highest BCUT2D eigenvalue weighted by Gasteiger charge is 2.39. The molecule has 3 fully saturated rings. The summed E-state index contributed by atoms with van der Waals surface area (Å²) in [5.74, 6) is -11.7. The number of hydrogen-bond acceptors (Lipinski definition) is 10. The van der Waals surface area contributed by atoms with Crippen LogP contribution < -0.4 is 5.32 Å². The van der Waals surface area contributed by atoms with Crippen LogP contribution in [0.4, 0.5) is 31.1 Å². The number of allylic oxidation sites excluding steroid dienone is 1. The van der Waals surface area contributed by atoms with E-state index in [0.29, 0.717) is 58.3 Å². The Bertz CT molecular complexity index is 2060. The van der Waals surface area contributed by atoms with Crippen LogP contribution in [-0.4, -0.2) is 192 Å². The Hall–Kier alpha value is -5.25. The lowest BCUT2D eigenvalue weighted by atomic mass is 9.98. The molecule has 0 spiro atoms. The molecule has 1 aliphatic carbocycles. The topological polar surface area (TPSA) is 183 Å². The number of amides is 2. The third-order valence-electron chi connectivity index (χ3n) is 13.3. The molecule has 396 valence electrons. The number of likely N-dealkylation sites (tertiary alicyclic amines) is 3. The zero-order valence-corrected chi connectivity index (χ0v) is 40.9. The number of alkyl halides is 6. The number of piperidine rings is 3. The first-order valence-corrected chi connectivity index (χ1v) is 24.1. The number of carboxylic acids is 3. The first-order valence-electron chi connectivity index (χ1n) is 24.1. The molecule has 0 saturated carbocycles. The second-order valence-corrected chi connectivity index (χ2v) is 18.7. The number of aliphatic carboxylic acids is 3. The second kappa shape index (κ2) is 27.0. The normalized spacial score (nSPS) is 19.7. The summed E-state index contributed by atoms with van der Waals surface area (Å²) >= 11 is 0. The average molecular weight is 1010 g/mol. The van der Waals surface area contributed by atoms with Crippen molar-refractivity contribution in [3.05, 3.63) is 72.3 Å². The second-order valence-electron chi connectivity index (χ2n) is 18.7. The number of nitrogens with zero attached hydrogens (tertiary/aromatic N) is 5. The Balaban J connectivity index is 0.000000250. The molecule has 4 aliphatic rings. The van der Waals surface area contributed by atoms with Crippen molar-refractivity contribution >= 4 is 29.9 Å². The van der Waals surface area contributed by atoms with Crippen molar-refractivity contribution in [1.82, 2.24) is 29.8 Å². The molecule has 6 rings (SSSR count). The average Bonchev–Trinajstić information content (AvgIpc) is 3.62. The fraction of sp³-hybridized carbons (Fsp3) is 0.620. The highest BCUT2D eigenvalue weighted by atomic mass is 19.3. The number of hydrogen-bond donors (Lipinski definition) is 4. The first-order chi connectivity index (χ1) is 33.5. The predicted octanol–water partition coefficient (Wildman–Crippen LogP) is 7.21. The summed E-state index contributed by atoms with van der Waals surface area (Å²) in [6.07, 6.45) is 2.99. The summed E-state index contributed by atoms with van der Waals surface area (Å²) in [6.45, 7) is 5.11. The van der Waals surface area contributed by atoms with Crippen molar-refractivity contribution in [1.29, 1.82) is 0 Å². The molecule has 3 aliphatic heterocycles. The van der Waals surface area contributed by atoms with E-state index in [0.717, 1.165) is 27.2 Å². The standard InChI is InChI=1S/C25H28F2N2O4.C15H24F2N2O3.C10H18F2N2O2/c1-28(22(23(30)31)11-14-29-13-6-12-25(26,27)16-29)24(32)33-15-21-19-9-4-2-7-17(19)18-8-3-5-10-20(18)21;1-3-4-6-13(20)18(2)12(14(21)22)7-10-19-9-5-8-15(16,17)11-19;1-13-8(9(15)16)3-6-14-5-2-4-10(11,12)7-14/h2-5,7-10,21-22H,6,11-16H2,1H3,(H,30,31);3,12H,1,4-11H2,2H3,(H,21,22);8,13H,2-7H2,1H3,(H,15,16)/t22-;12-;8-/m000/s1. The summed E-state index contributed by atoms with van der Waals surface area (Å²) in [7, 11) is 4.38. The minimum atomic E-state index is -2.75. The van der Waals surface area contributed by atoms with Crippen LogP contribution in [-0.2, 0) is 23.9 Å². The monoisotopic (exact) mass is 1010 g/mol. The van der Waals surface area contributed by atoms with Gasteiger partial charge in [0.1, 0.15) is 24.7 Å². The molecular weight excluding hydrogens is 943 g/mol. The van der Waals surface area contributed by atoms with Crippen LogP contribution in [0.15, 0.2) is 61.2 Å². The van der Waals surface area contributed by atoms with Crippen molar-refractivity contribution in [2.45, 2.75) is 112 Å². The maximum atomic E-state index is 13.6. The van der Waals surface area contributed by atoms with Gasteiger partial charge in [-0.05, 0) is 93.9 Å². The molecule has 15 nitrogen and oxygen atoms in total. The molecule has 3 heterocycles. The lowest BCUT2D eigenvalue weighted by Crippen LogP contribution is -2.47. The number of fused-ring (bicyclic) bond motifs is 3. The van der Waals surface area contributed by atoms with Gasteiger partial charge in [0.15, 0.2) is 0 Å². The largest absolute Gasteiger partial charge is 0.480 e. The van der Waals surface area contributed by atoms with E-state index in [-0.39, 0.29) is 89.7 Å². The number of carbonyl (C=O) groups is 5. The third-order valence-corrected chi connectivity index (χ3v) is 13.3. The van der Waals surface area contributed by atoms with Gasteiger partial charge in [-0.2, -0.15) is 0 Å². The molecule has 21 heteroatoms. The number of ether oxygens (including phenoxy) is 1. The van der Waals surface area contributed by atoms with E-state index in [1.54, 1.807) is 27.8 Å². The number of benzene rings is 2. The van der Waals surface area contributed by atoms with E-state index >= 15 is 0 Å². The lowest BCUT2D eigenvalue weighted by Gasteiger charge is -2.34. The van der Waals surface area contributed by atoms with Crippen LogP contribution in [0, 0.1) is 0 Å². The summed E-state index contributed by atoms with van der Waals surface area (Å²) in [4.78, 5) is 65.5. The van der Waals surface area contributed by atoms with Gasteiger partial charge in [-0.3, -0.25) is 29.2 Å². The minimum absolute atomic E-state index is 0.0477. The molecule has 71 heavy (non-hydrogen) atoms. The summed E-state index contributed by atoms with van der Waals surface area (Å²) in [5.41, 5.74) is 4.33. The Labute approximate surface area is 411 Å². The smallest absolute Gasteiger partial charge is 0.410 e. The molecule has 2 aromatic carbocycles. The number of halogens is 6. The zero-order valence-electron chi connectivity index (χ0n) is 40.9. The Morgan fingerprint density at radius 3 is 1.48 bits per heavy atom. The van der Waals surface area contributed by atoms with E-state index in [2.05, 4.69) is 11.9 Å². The fourth-order valence-corrected chi connectivity index (χ4v) is 9.39. The Morgan fingerprint density at radius 1 is 0.690 bits per heavy atom. The summed E-state index contributed by atoms with van der Waals surface area (Å²) in [5, 5.41) is 30.3. The highest BCUT2D eigenvalue weighted by Crippen LogP contribution is 2.44. The van der Waals surface area contributed by atoms with Crippen LogP contribution in [0.2, 0.25) is 0 Å². The van der Waals surface area contributed by atoms with Gasteiger partial charge >= 0.3 is 24.0 Å². The fourth-order valence-electron chi connectivity index (χ4n) is 9.39. The van der Waals surface area contributed by atoms with Crippen LogP contribution in [0.1, 0.15) is 87.7 Å². The number of carboxylic acid groups (broad SMARTS) is 3. The lowest BCUT2D eigenvalue weighted by molar-refractivity contribution is -0.149. The number of carbonyl (C=O) groups excluding carboxylic acids is 2. The highest BCUT2D eigenvalue weighted by molar-refractivity contribution is 5.83. The Kier molecular flexibility index (Phi) is 22.2. The van der Waals surface area contributed by atoms with Gasteiger partial charge in [-0.15, -0.1) is 6.58 Å². The zero-order chi connectivity index (χ0) is 52.5. The molecule has 0 aromatic heterocycles. The van der Waals surface area contributed by atoms with E-state index in [1.807, 2.05) is 48.5 Å². The maximum absolute atomic E-state index is 13.6. The third kappa shape index (κ3) is 18.1. The maximum Gasteiger partial charge on any atom is 0.410 e. The summed E-state index contributed by atoms with van der Waals surface area (Å²) < 4.78 is 85.6. The SMILES string of the molecule is C=CCCC(=O)N(C)[C@@H](CCN1CCCC(F)(F)C1)C(=O)O.CN(C(=O)OCC1c2ccccc2-c2ccccc21)[C@@H](CCN1CCCC(F)(F)C1)C(=O)O.CN[C@@H](CCN1CCCC(F)(F)C1)C(=O)O. The van der Waals surface area contributed by atoms with Gasteiger partial charge in [-0.25, -0.2) is 40.7 Å². The van der Waals surface area contributed by atoms with Crippen LogP contribution in [0.25, 0.3) is 11.1 Å². The molecule has 2 amide bonds. The van der Waals surface area contributed by atoms with Gasteiger partial charge in [-0.1, -0.05) is 54.6 Å². The van der Waals surface area contributed by atoms with Gasteiger partial charge in [0.05, 0.1) is 19.6 Å². The van der Waals surface area contributed by atoms with Crippen molar-refractivity contribution in [3.8, 4) is 11.1 Å². The van der Waals surface area contributed by atoms with Crippen LogP contribution in [0.3, 0.4) is 0 Å². The van der Waals surface area contributed by atoms with Crippen molar-refractivity contribution in [3.63, 3.8) is 0 Å². The summed E-state index contributed by atoms with van der Waals surface area (Å²) in [6, 6.07) is 13.1. The van der Waals surface area contributed by atoms with Gasteiger partial charge in [0.2, 0.25) is 5.91 Å². The van der Waals surface area contributed by atoms with Crippen molar-refractivity contribution in [2.24, 2.45) is 0 Å². The molecule has 4 N–H and O–H groups in total. The predicted molar refractivity (Wildman–Crippen MR) is 254 cm³/mol. The van der Waals surface area contributed by atoms with Gasteiger partial charge < -0.3 is 30.3 Å². The van der Waals surface area contributed by atoms with Crippen LogP contribution >= 0.6 is 0 Å². The number of rotatable bonds is 20. The van der Waals surface area contributed by atoms with Gasteiger partial charge in [0.25, 0.3) is 17.8 Å². The van der Waals surface area contributed by atoms with Crippen molar-refractivity contribution < 1.29 is 70.4 Å². The molecule has 0 bridgehead atoms. The molecule has 0 unspecified atom stereocenters. The van der Waals surface area contributed by atoms with E-state index in [9.17, 15) is 60.5 Å². The molecule has 0 radical (unpaired) electrons. The quantitative estimate of drug-likeness (QED) is 0.0772. The molecule has 3 atom stereocenters. The van der Waals surface area contributed by atoms with Crippen molar-refractivity contribution in [2.75, 3.05) is 86.7 Å².